The minimum Gasteiger partial charge on any atom is -0.508 e. The molecule has 0 aliphatic carbocycles. The van der Waals surface area contributed by atoms with Crippen molar-refractivity contribution in [1.82, 2.24) is 0 Å². The van der Waals surface area contributed by atoms with Gasteiger partial charge in [0.05, 0.1) is 0 Å². The van der Waals surface area contributed by atoms with E-state index in [1.165, 1.54) is 0 Å². The van der Waals surface area contributed by atoms with Gasteiger partial charge in [0.25, 0.3) is 0 Å². The second-order valence-electron chi connectivity index (χ2n) is 5.90. The molecule has 0 bridgehead atoms. The third kappa shape index (κ3) is 5.12. The van der Waals surface area contributed by atoms with Gasteiger partial charge < -0.3 is 15.7 Å². The van der Waals surface area contributed by atoms with E-state index in [1.807, 2.05) is 19.9 Å². The Morgan fingerprint density at radius 1 is 0.958 bits per heavy atom. The Balaban J connectivity index is 1.86. The van der Waals surface area contributed by atoms with Crippen molar-refractivity contribution >= 4 is 23.2 Å². The van der Waals surface area contributed by atoms with Crippen LogP contribution < -0.4 is 10.6 Å². The van der Waals surface area contributed by atoms with Crippen molar-refractivity contribution in [3.05, 3.63) is 54.1 Å². The number of phenols is 1. The van der Waals surface area contributed by atoms with Crippen LogP contribution >= 0.6 is 0 Å². The zero-order valence-corrected chi connectivity index (χ0v) is 13.9. The first-order valence-electron chi connectivity index (χ1n) is 7.93. The molecule has 2 aromatic carbocycles. The molecule has 0 radical (unpaired) electrons. The van der Waals surface area contributed by atoms with Crippen LogP contribution in [0.4, 0.5) is 11.4 Å². The number of carbonyl (C=O) groups excluding carboxylic acids is 2. The molecule has 0 fully saturated rings. The van der Waals surface area contributed by atoms with Crippen LogP contribution in [-0.4, -0.2) is 16.9 Å². The number of hydrogen-bond donors (Lipinski definition) is 3. The maximum Gasteiger partial charge on any atom is 0.226 e. The van der Waals surface area contributed by atoms with Gasteiger partial charge in [-0.25, -0.2) is 0 Å². The van der Waals surface area contributed by atoms with Crippen LogP contribution in [0.5, 0.6) is 5.75 Å². The first kappa shape index (κ1) is 17.5. The highest BCUT2D eigenvalue weighted by molar-refractivity contribution is 5.93. The first-order valence-corrected chi connectivity index (χ1v) is 7.93. The molecule has 0 saturated heterocycles. The van der Waals surface area contributed by atoms with Gasteiger partial charge in [-0.1, -0.05) is 32.0 Å². The molecule has 0 aliphatic heterocycles. The van der Waals surface area contributed by atoms with Gasteiger partial charge in [-0.2, -0.15) is 0 Å². The van der Waals surface area contributed by atoms with Crippen molar-refractivity contribution in [1.29, 1.82) is 0 Å². The number of anilines is 2. The van der Waals surface area contributed by atoms with E-state index in [-0.39, 0.29) is 29.9 Å². The molecule has 3 N–H and O–H groups in total. The van der Waals surface area contributed by atoms with Crippen LogP contribution in [-0.2, 0) is 16.0 Å². The third-order valence-corrected chi connectivity index (χ3v) is 3.57. The molecular weight excluding hydrogens is 304 g/mol. The molecule has 2 aromatic rings. The summed E-state index contributed by atoms with van der Waals surface area (Å²) in [4.78, 5) is 23.6. The fraction of sp³-hybridized carbons (Fsp3) is 0.263. The van der Waals surface area contributed by atoms with E-state index in [0.717, 1.165) is 5.56 Å². The lowest BCUT2D eigenvalue weighted by atomic mass is 10.1. The summed E-state index contributed by atoms with van der Waals surface area (Å²) in [5.41, 5.74) is 2.11. The Labute approximate surface area is 141 Å². The van der Waals surface area contributed by atoms with Gasteiger partial charge in [0, 0.05) is 23.7 Å². The van der Waals surface area contributed by atoms with Gasteiger partial charge in [-0.05, 0) is 42.3 Å². The van der Waals surface area contributed by atoms with Crippen molar-refractivity contribution in [3.63, 3.8) is 0 Å². The van der Waals surface area contributed by atoms with Crippen LogP contribution in [0.25, 0.3) is 0 Å². The largest absolute Gasteiger partial charge is 0.508 e. The van der Waals surface area contributed by atoms with E-state index in [2.05, 4.69) is 10.6 Å². The molecule has 24 heavy (non-hydrogen) atoms. The summed E-state index contributed by atoms with van der Waals surface area (Å²) < 4.78 is 0. The summed E-state index contributed by atoms with van der Waals surface area (Å²) >= 11 is 0. The normalized spacial score (nSPS) is 10.5. The second-order valence-corrected chi connectivity index (χ2v) is 5.90. The molecule has 0 aromatic heterocycles. The summed E-state index contributed by atoms with van der Waals surface area (Å²) in [5, 5.41) is 15.3. The van der Waals surface area contributed by atoms with Crippen molar-refractivity contribution in [3.8, 4) is 5.75 Å². The minimum absolute atomic E-state index is 0.0468. The van der Waals surface area contributed by atoms with E-state index in [0.29, 0.717) is 17.8 Å². The van der Waals surface area contributed by atoms with Crippen LogP contribution in [0, 0.1) is 5.92 Å². The number of para-hydroxylation sites is 1. The smallest absolute Gasteiger partial charge is 0.226 e. The highest BCUT2D eigenvalue weighted by Gasteiger charge is 2.08. The molecule has 0 atom stereocenters. The van der Waals surface area contributed by atoms with Gasteiger partial charge in [0.15, 0.2) is 0 Å². The standard InChI is InChI=1S/C19H22N2O3/c1-13(2)19(24)21-16-10-8-15(9-11-16)20-18(23)12-7-14-5-3-4-6-17(14)22/h3-6,8-11,13,22H,7,12H2,1-2H3,(H,20,23)(H,21,24). The molecule has 2 rings (SSSR count). The Hall–Kier alpha value is -2.82. The average molecular weight is 326 g/mol. The van der Waals surface area contributed by atoms with Gasteiger partial charge >= 0.3 is 0 Å². The van der Waals surface area contributed by atoms with E-state index in [1.54, 1.807) is 42.5 Å². The molecular formula is C19H22N2O3. The van der Waals surface area contributed by atoms with Crippen molar-refractivity contribution in [2.75, 3.05) is 10.6 Å². The predicted octanol–water partition coefficient (Wildman–Crippen LogP) is 3.56. The minimum atomic E-state index is -0.128. The molecule has 5 heteroatoms. The number of benzene rings is 2. The zero-order chi connectivity index (χ0) is 17.5. The maximum atomic E-state index is 12.0. The summed E-state index contributed by atoms with van der Waals surface area (Å²) in [5.74, 6) is -0.0546. The monoisotopic (exact) mass is 326 g/mol. The van der Waals surface area contributed by atoms with E-state index in [4.69, 9.17) is 0 Å². The molecule has 0 unspecified atom stereocenters. The van der Waals surface area contributed by atoms with Crippen LogP contribution in [0.3, 0.4) is 0 Å². The highest BCUT2D eigenvalue weighted by Crippen LogP contribution is 2.18. The number of rotatable bonds is 6. The molecule has 2 amide bonds. The van der Waals surface area contributed by atoms with E-state index < -0.39 is 0 Å². The number of hydrogen-bond acceptors (Lipinski definition) is 3. The summed E-state index contributed by atoms with van der Waals surface area (Å²) in [6.45, 7) is 3.66. The average Bonchev–Trinajstić information content (AvgIpc) is 2.56. The van der Waals surface area contributed by atoms with E-state index >= 15 is 0 Å². The Bertz CT molecular complexity index is 709. The Morgan fingerprint density at radius 2 is 1.54 bits per heavy atom. The lowest BCUT2D eigenvalue weighted by Gasteiger charge is -2.09. The lowest BCUT2D eigenvalue weighted by Crippen LogP contribution is -2.17. The lowest BCUT2D eigenvalue weighted by molar-refractivity contribution is -0.119. The maximum absolute atomic E-state index is 12.0. The zero-order valence-electron chi connectivity index (χ0n) is 13.9. The van der Waals surface area contributed by atoms with Gasteiger partial charge in [-0.3, -0.25) is 9.59 Å². The summed E-state index contributed by atoms with van der Waals surface area (Å²) in [7, 11) is 0. The van der Waals surface area contributed by atoms with Gasteiger partial charge in [-0.15, -0.1) is 0 Å². The Kier molecular flexibility index (Phi) is 5.95. The van der Waals surface area contributed by atoms with Crippen molar-refractivity contribution in [2.45, 2.75) is 26.7 Å². The first-order chi connectivity index (χ1) is 11.5. The van der Waals surface area contributed by atoms with Crippen LogP contribution in [0.15, 0.2) is 48.5 Å². The third-order valence-electron chi connectivity index (χ3n) is 3.57. The number of nitrogens with one attached hydrogen (secondary N) is 2. The summed E-state index contributed by atoms with van der Waals surface area (Å²) in [6, 6.07) is 14.0. The van der Waals surface area contributed by atoms with Crippen LogP contribution in [0.2, 0.25) is 0 Å². The number of amides is 2. The number of phenolic OH excluding ortho intramolecular Hbond substituents is 1. The highest BCUT2D eigenvalue weighted by atomic mass is 16.3. The Morgan fingerprint density at radius 3 is 2.12 bits per heavy atom. The summed E-state index contributed by atoms with van der Waals surface area (Å²) in [6.07, 6.45) is 0.754. The molecule has 0 aliphatic rings. The second kappa shape index (κ2) is 8.15. The quantitative estimate of drug-likeness (QED) is 0.759. The molecule has 126 valence electrons. The molecule has 5 nitrogen and oxygen atoms in total. The fourth-order valence-electron chi connectivity index (χ4n) is 2.12. The van der Waals surface area contributed by atoms with Crippen LogP contribution in [0.1, 0.15) is 25.8 Å². The molecule has 0 saturated carbocycles. The fourth-order valence-corrected chi connectivity index (χ4v) is 2.12. The van der Waals surface area contributed by atoms with Gasteiger partial charge in [0.1, 0.15) is 5.75 Å². The SMILES string of the molecule is CC(C)C(=O)Nc1ccc(NC(=O)CCc2ccccc2O)cc1. The number of carbonyl (C=O) groups is 2. The van der Waals surface area contributed by atoms with Crippen molar-refractivity contribution < 1.29 is 14.7 Å². The van der Waals surface area contributed by atoms with Crippen molar-refractivity contribution in [2.24, 2.45) is 5.92 Å². The molecule has 0 heterocycles. The van der Waals surface area contributed by atoms with Gasteiger partial charge in [0.2, 0.25) is 11.8 Å². The number of aryl methyl sites for hydroxylation is 1. The molecule has 0 spiro atoms. The number of aromatic hydroxyl groups is 1. The topological polar surface area (TPSA) is 78.4 Å². The predicted molar refractivity (Wildman–Crippen MR) is 95.0 cm³/mol. The van der Waals surface area contributed by atoms with E-state index in [9.17, 15) is 14.7 Å².